The molecule has 0 saturated carbocycles. The predicted octanol–water partition coefficient (Wildman–Crippen LogP) is 2.95. The molecule has 0 aliphatic rings. The van der Waals surface area contributed by atoms with Crippen LogP contribution in [0.1, 0.15) is 26.3 Å². The highest BCUT2D eigenvalue weighted by molar-refractivity contribution is 5.79. The van der Waals surface area contributed by atoms with Gasteiger partial charge in [-0.25, -0.2) is 4.79 Å². The molecule has 1 nitrogen and oxygen atoms in total. The van der Waals surface area contributed by atoms with E-state index in [0.717, 1.165) is 11.1 Å². The minimum Gasteiger partial charge on any atom is -0.233 e. The molecule has 0 aliphatic heterocycles. The average molecular weight is 173 g/mol. The van der Waals surface area contributed by atoms with Crippen molar-refractivity contribution in [1.82, 2.24) is 0 Å². The lowest BCUT2D eigenvalue weighted by atomic mass is 10.1. The van der Waals surface area contributed by atoms with Crippen LogP contribution in [-0.2, 0) is 4.79 Å². The van der Waals surface area contributed by atoms with E-state index >= 15 is 0 Å². The molecule has 0 bridgehead atoms. The van der Waals surface area contributed by atoms with Gasteiger partial charge in [0.2, 0.25) is 0 Å². The molecule has 0 spiro atoms. The summed E-state index contributed by atoms with van der Waals surface area (Å²) in [5.41, 5.74) is 2.65. The maximum atomic E-state index is 10.4. The van der Waals surface area contributed by atoms with E-state index in [0.29, 0.717) is 5.56 Å². The Balaban J connectivity index is 3.30. The van der Waals surface area contributed by atoms with Crippen LogP contribution in [0.4, 0.5) is 0 Å². The van der Waals surface area contributed by atoms with Gasteiger partial charge in [-0.2, -0.15) is 0 Å². The fourth-order valence-electron chi connectivity index (χ4n) is 1.10. The van der Waals surface area contributed by atoms with Gasteiger partial charge in [0, 0.05) is 6.05 Å². The summed E-state index contributed by atoms with van der Waals surface area (Å²) in [6.07, 6.45) is 1.95. The Kier molecular flexibility index (Phi) is 2.74. The highest BCUT2D eigenvalue weighted by Gasteiger charge is 1.94. The van der Waals surface area contributed by atoms with Gasteiger partial charge in [-0.05, 0) is 25.0 Å². The number of allylic oxidation sites excluding steroid dienone is 1. The second-order valence-corrected chi connectivity index (χ2v) is 3.04. The predicted molar refractivity (Wildman–Crippen MR) is 55.9 cm³/mol. The lowest BCUT2D eigenvalue weighted by Gasteiger charge is -1.99. The molecule has 66 valence electrons. The second kappa shape index (κ2) is 4.44. The number of benzene rings is 1. The van der Waals surface area contributed by atoms with Gasteiger partial charge in [-0.15, -0.1) is 0 Å². The number of carbonyl (C=O) groups excluding carboxylic acids is 1. The molecule has 13 heavy (non-hydrogen) atoms. The lowest BCUT2D eigenvalue weighted by Crippen LogP contribution is -1.80. The van der Waals surface area contributed by atoms with Crippen molar-refractivity contribution in [3.63, 3.8) is 0 Å². The first-order chi connectivity index (χ1) is 6.65. The molecule has 0 atom stereocenters. The van der Waals surface area contributed by atoms with E-state index < -0.39 is 0 Å². The maximum Gasteiger partial charge on any atom is 0.125 e. The third kappa shape index (κ3) is 2.73. The highest BCUT2D eigenvalue weighted by atomic mass is 16.1. The summed E-state index contributed by atoms with van der Waals surface area (Å²) in [4.78, 5) is 10.4. The molecule has 0 fully saturated rings. The van der Waals surface area contributed by atoms with Gasteiger partial charge in [0.1, 0.15) is 5.94 Å². The van der Waals surface area contributed by atoms with Crippen molar-refractivity contribution < 1.29 is 6.17 Å². The van der Waals surface area contributed by atoms with Crippen LogP contribution in [0.5, 0.6) is 0 Å². The van der Waals surface area contributed by atoms with Crippen molar-refractivity contribution in [2.24, 2.45) is 0 Å². The van der Waals surface area contributed by atoms with E-state index in [4.69, 9.17) is 1.37 Å². The fraction of sp³-hybridized carbons (Fsp3) is 0.167. The molecule has 0 radical (unpaired) electrons. The SMILES string of the molecule is [2H]C(=C=O)c1ccccc1C=C(C)C. The topological polar surface area (TPSA) is 17.1 Å². The van der Waals surface area contributed by atoms with Crippen molar-refractivity contribution in [2.45, 2.75) is 13.8 Å². The van der Waals surface area contributed by atoms with E-state index in [-0.39, 0.29) is 6.05 Å². The molecule has 1 aromatic carbocycles. The fourth-order valence-corrected chi connectivity index (χ4v) is 1.10. The first-order valence-electron chi connectivity index (χ1n) is 4.61. The minimum atomic E-state index is -0.0990. The van der Waals surface area contributed by atoms with E-state index in [1.165, 1.54) is 0 Å². The minimum absolute atomic E-state index is 0.0990. The van der Waals surface area contributed by atoms with Gasteiger partial charge in [-0.3, -0.25) is 0 Å². The molecule has 0 aliphatic carbocycles. The molecule has 1 rings (SSSR count). The molecule has 0 aromatic heterocycles. The van der Waals surface area contributed by atoms with E-state index in [1.807, 2.05) is 38.1 Å². The largest absolute Gasteiger partial charge is 0.233 e. The quantitative estimate of drug-likeness (QED) is 0.628. The Morgan fingerprint density at radius 3 is 2.54 bits per heavy atom. The Hall–Kier alpha value is -1.59. The van der Waals surface area contributed by atoms with Crippen molar-refractivity contribution >= 4 is 18.1 Å². The van der Waals surface area contributed by atoms with Crippen molar-refractivity contribution in [3.8, 4) is 0 Å². The van der Waals surface area contributed by atoms with Crippen molar-refractivity contribution in [3.05, 3.63) is 41.0 Å². The second-order valence-electron chi connectivity index (χ2n) is 3.04. The van der Waals surface area contributed by atoms with Gasteiger partial charge in [0.05, 0.1) is 1.37 Å². The van der Waals surface area contributed by atoms with Crippen LogP contribution in [-0.4, -0.2) is 5.94 Å². The summed E-state index contributed by atoms with van der Waals surface area (Å²) in [6.45, 7) is 3.95. The maximum absolute atomic E-state index is 10.4. The van der Waals surface area contributed by atoms with Crippen LogP contribution in [0.2, 0.25) is 0 Å². The first-order valence-corrected chi connectivity index (χ1v) is 4.11. The molecule has 0 amide bonds. The standard InChI is InChI=1S/C12H12O/c1-10(2)9-12-6-4-3-5-11(12)7-8-13/h3-7,9H,1-2H3/i7D. The van der Waals surface area contributed by atoms with Gasteiger partial charge in [0.15, 0.2) is 0 Å². The molecule has 1 heteroatoms. The van der Waals surface area contributed by atoms with E-state index in [9.17, 15) is 4.79 Å². The smallest absolute Gasteiger partial charge is 0.125 e. The summed E-state index contributed by atoms with van der Waals surface area (Å²) in [7, 11) is 0. The van der Waals surface area contributed by atoms with Crippen LogP contribution in [0, 0.1) is 0 Å². The van der Waals surface area contributed by atoms with E-state index in [1.54, 1.807) is 12.0 Å². The molecule has 1 aromatic rings. The third-order valence-corrected chi connectivity index (χ3v) is 1.59. The molecule has 0 N–H and O–H groups in total. The normalized spacial score (nSPS) is 9.85. The number of hydrogen-bond acceptors (Lipinski definition) is 1. The summed E-state index contributed by atoms with van der Waals surface area (Å²) in [5.74, 6) is 1.60. The Morgan fingerprint density at radius 1 is 1.38 bits per heavy atom. The third-order valence-electron chi connectivity index (χ3n) is 1.59. The monoisotopic (exact) mass is 173 g/mol. The van der Waals surface area contributed by atoms with Gasteiger partial charge in [-0.1, -0.05) is 35.9 Å². The van der Waals surface area contributed by atoms with Crippen LogP contribution < -0.4 is 0 Å². The van der Waals surface area contributed by atoms with Crippen LogP contribution in [0.15, 0.2) is 29.8 Å². The molecule has 0 unspecified atom stereocenters. The van der Waals surface area contributed by atoms with Crippen molar-refractivity contribution in [2.75, 3.05) is 0 Å². The summed E-state index contributed by atoms with van der Waals surface area (Å²) >= 11 is 0. The van der Waals surface area contributed by atoms with E-state index in [2.05, 4.69) is 0 Å². The van der Waals surface area contributed by atoms with Crippen LogP contribution >= 0.6 is 0 Å². The average Bonchev–Trinajstić information content (AvgIpc) is 2.16. The summed E-state index contributed by atoms with van der Waals surface area (Å²) in [5, 5.41) is 0. The summed E-state index contributed by atoms with van der Waals surface area (Å²) < 4.78 is 7.41. The Bertz CT molecular complexity index is 408. The van der Waals surface area contributed by atoms with Gasteiger partial charge in [0.25, 0.3) is 0 Å². The summed E-state index contributed by atoms with van der Waals surface area (Å²) in [6, 6.07) is 7.23. The van der Waals surface area contributed by atoms with Crippen molar-refractivity contribution in [1.29, 1.82) is 0 Å². The Labute approximate surface area is 79.8 Å². The zero-order valence-corrected chi connectivity index (χ0v) is 7.79. The molecule has 0 saturated heterocycles. The number of hydrogen-bond donors (Lipinski definition) is 0. The van der Waals surface area contributed by atoms with Crippen LogP contribution in [0.25, 0.3) is 12.1 Å². The first kappa shape index (κ1) is 8.03. The molecule has 0 heterocycles. The zero-order valence-electron chi connectivity index (χ0n) is 8.79. The van der Waals surface area contributed by atoms with Gasteiger partial charge < -0.3 is 0 Å². The molecular weight excluding hydrogens is 160 g/mol. The highest BCUT2D eigenvalue weighted by Crippen LogP contribution is 2.13. The van der Waals surface area contributed by atoms with Gasteiger partial charge >= 0.3 is 0 Å². The zero-order chi connectivity index (χ0) is 10.6. The molecular formula is C12H12O. The lowest BCUT2D eigenvalue weighted by molar-refractivity contribution is 0.570. The van der Waals surface area contributed by atoms with Crippen LogP contribution in [0.3, 0.4) is 0 Å². The number of rotatable bonds is 2. The Morgan fingerprint density at radius 2 is 2.00 bits per heavy atom.